The number of sulfonamides is 1. The molecule has 35 heavy (non-hydrogen) atoms. The van der Waals surface area contributed by atoms with Crippen molar-refractivity contribution in [3.8, 4) is 0 Å². The van der Waals surface area contributed by atoms with Crippen molar-refractivity contribution in [3.63, 3.8) is 0 Å². The summed E-state index contributed by atoms with van der Waals surface area (Å²) in [4.78, 5) is 28.0. The molecule has 2 amide bonds. The number of halogens is 2. The Bertz CT molecular complexity index is 1180. The number of carbonyl (C=O) groups is 2. The van der Waals surface area contributed by atoms with Gasteiger partial charge in [-0.3, -0.25) is 9.59 Å². The Labute approximate surface area is 216 Å². The van der Waals surface area contributed by atoms with Crippen molar-refractivity contribution in [1.29, 1.82) is 0 Å². The van der Waals surface area contributed by atoms with Crippen LogP contribution < -0.4 is 5.32 Å². The topological polar surface area (TPSA) is 86.8 Å². The maximum absolute atomic E-state index is 13.2. The van der Waals surface area contributed by atoms with Crippen molar-refractivity contribution < 1.29 is 18.0 Å². The van der Waals surface area contributed by atoms with Crippen LogP contribution in [0.3, 0.4) is 0 Å². The molecule has 7 nitrogen and oxygen atoms in total. The Morgan fingerprint density at radius 1 is 0.914 bits per heavy atom. The zero-order valence-corrected chi connectivity index (χ0v) is 21.7. The standard InChI is InChI=1S/C25H29Cl2N3O4S/c26-21-10-6-11-22(27)20(21)17-35(33,34)30-15-7-8-18(16-30)24(31)28-23-12-3-2-9-19(23)25(32)29-13-4-1-5-14-29/h2-3,6,9-12,18H,1,4-5,7-8,13-17H2,(H,28,31)/t18-/m1/s1. The molecule has 0 saturated carbocycles. The van der Waals surface area contributed by atoms with Gasteiger partial charge in [0.15, 0.2) is 0 Å². The SMILES string of the molecule is O=C(Nc1ccccc1C(=O)N1CCCCC1)[C@@H]1CCCN(S(=O)(=O)Cc2c(Cl)cccc2Cl)C1. The second kappa shape index (κ2) is 11.3. The summed E-state index contributed by atoms with van der Waals surface area (Å²) in [6, 6.07) is 11.9. The number of nitrogens with zero attached hydrogens (tertiary/aromatic N) is 2. The number of piperidine rings is 2. The molecule has 2 aromatic rings. The summed E-state index contributed by atoms with van der Waals surface area (Å²) in [6.45, 7) is 1.83. The van der Waals surface area contributed by atoms with Gasteiger partial charge in [0.05, 0.1) is 22.9 Å². The fraction of sp³-hybridized carbons (Fsp3) is 0.440. The number of anilines is 1. The Morgan fingerprint density at radius 3 is 2.31 bits per heavy atom. The number of rotatable bonds is 6. The number of amides is 2. The van der Waals surface area contributed by atoms with Crippen LogP contribution in [-0.2, 0) is 20.6 Å². The van der Waals surface area contributed by atoms with Gasteiger partial charge in [0, 0.05) is 41.8 Å². The molecule has 0 unspecified atom stereocenters. The van der Waals surface area contributed by atoms with Crippen LogP contribution in [0, 0.1) is 5.92 Å². The molecule has 0 aliphatic carbocycles. The molecular formula is C25H29Cl2N3O4S. The third-order valence-corrected chi connectivity index (χ3v) is 9.08. The van der Waals surface area contributed by atoms with E-state index in [0.29, 0.717) is 59.3 Å². The van der Waals surface area contributed by atoms with E-state index in [4.69, 9.17) is 23.2 Å². The van der Waals surface area contributed by atoms with Crippen LogP contribution in [-0.4, -0.2) is 55.6 Å². The van der Waals surface area contributed by atoms with Gasteiger partial charge in [-0.1, -0.05) is 41.4 Å². The van der Waals surface area contributed by atoms with Gasteiger partial charge in [0.25, 0.3) is 5.91 Å². The molecule has 0 spiro atoms. The van der Waals surface area contributed by atoms with Crippen LogP contribution >= 0.6 is 23.2 Å². The van der Waals surface area contributed by atoms with Crippen molar-refractivity contribution in [2.75, 3.05) is 31.5 Å². The van der Waals surface area contributed by atoms with Gasteiger partial charge in [0.2, 0.25) is 15.9 Å². The van der Waals surface area contributed by atoms with Crippen LogP contribution in [0.1, 0.15) is 48.0 Å². The predicted octanol–water partition coefficient (Wildman–Crippen LogP) is 4.80. The van der Waals surface area contributed by atoms with Crippen molar-refractivity contribution in [1.82, 2.24) is 9.21 Å². The first-order valence-electron chi connectivity index (χ1n) is 11.9. The highest BCUT2D eigenvalue weighted by Crippen LogP contribution is 2.29. The molecule has 2 heterocycles. The van der Waals surface area contributed by atoms with E-state index in [0.717, 1.165) is 19.3 Å². The van der Waals surface area contributed by atoms with E-state index >= 15 is 0 Å². The summed E-state index contributed by atoms with van der Waals surface area (Å²) >= 11 is 12.4. The molecule has 2 aliphatic heterocycles. The predicted molar refractivity (Wildman–Crippen MR) is 138 cm³/mol. The number of hydrogen-bond acceptors (Lipinski definition) is 4. The average Bonchev–Trinajstić information content (AvgIpc) is 2.87. The van der Waals surface area contributed by atoms with Gasteiger partial charge in [-0.25, -0.2) is 12.7 Å². The molecular weight excluding hydrogens is 509 g/mol. The summed E-state index contributed by atoms with van der Waals surface area (Å²) in [5.41, 5.74) is 1.26. The van der Waals surface area contributed by atoms with E-state index in [-0.39, 0.29) is 24.1 Å². The Hall–Kier alpha value is -2.13. The van der Waals surface area contributed by atoms with Gasteiger partial charge in [-0.15, -0.1) is 0 Å². The van der Waals surface area contributed by atoms with Crippen molar-refractivity contribution in [3.05, 3.63) is 63.6 Å². The molecule has 1 atom stereocenters. The second-order valence-electron chi connectivity index (χ2n) is 9.04. The van der Waals surface area contributed by atoms with E-state index in [1.54, 1.807) is 42.5 Å². The largest absolute Gasteiger partial charge is 0.339 e. The number of para-hydroxylation sites is 1. The third kappa shape index (κ3) is 6.17. The molecule has 10 heteroatoms. The van der Waals surface area contributed by atoms with E-state index in [9.17, 15) is 18.0 Å². The summed E-state index contributed by atoms with van der Waals surface area (Å²) in [7, 11) is -3.73. The Kier molecular flexibility index (Phi) is 8.37. The van der Waals surface area contributed by atoms with Crippen LogP contribution in [0.2, 0.25) is 10.0 Å². The maximum atomic E-state index is 13.2. The number of hydrogen-bond donors (Lipinski definition) is 1. The fourth-order valence-electron chi connectivity index (χ4n) is 4.63. The normalized spacial score (nSPS) is 19.4. The van der Waals surface area contributed by atoms with Crippen molar-refractivity contribution in [2.24, 2.45) is 5.92 Å². The average molecular weight is 538 g/mol. The monoisotopic (exact) mass is 537 g/mol. The van der Waals surface area contributed by atoms with Crippen LogP contribution in [0.5, 0.6) is 0 Å². The molecule has 2 aromatic carbocycles. The molecule has 0 bridgehead atoms. The summed E-state index contributed by atoms with van der Waals surface area (Å²) in [5, 5.41) is 3.48. The second-order valence-corrected chi connectivity index (χ2v) is 11.8. The first-order valence-corrected chi connectivity index (χ1v) is 14.2. The molecule has 4 rings (SSSR count). The van der Waals surface area contributed by atoms with Crippen LogP contribution in [0.4, 0.5) is 5.69 Å². The molecule has 2 aliphatic rings. The van der Waals surface area contributed by atoms with Crippen molar-refractivity contribution in [2.45, 2.75) is 37.9 Å². The smallest absolute Gasteiger partial charge is 0.255 e. The lowest BCUT2D eigenvalue weighted by atomic mass is 9.98. The van der Waals surface area contributed by atoms with Crippen LogP contribution in [0.25, 0.3) is 0 Å². The fourth-order valence-corrected chi connectivity index (χ4v) is 7.00. The summed E-state index contributed by atoms with van der Waals surface area (Å²) in [5.74, 6) is -1.24. The van der Waals surface area contributed by atoms with Gasteiger partial charge in [-0.2, -0.15) is 0 Å². The number of nitrogens with one attached hydrogen (secondary N) is 1. The molecule has 0 aromatic heterocycles. The lowest BCUT2D eigenvalue weighted by molar-refractivity contribution is -0.120. The minimum absolute atomic E-state index is 0.0679. The minimum atomic E-state index is -3.73. The van der Waals surface area contributed by atoms with Gasteiger partial charge < -0.3 is 10.2 Å². The first kappa shape index (κ1) is 25.9. The van der Waals surface area contributed by atoms with E-state index in [1.807, 2.05) is 4.90 Å². The maximum Gasteiger partial charge on any atom is 0.255 e. The lowest BCUT2D eigenvalue weighted by Gasteiger charge is -2.32. The summed E-state index contributed by atoms with van der Waals surface area (Å²) in [6.07, 6.45) is 4.19. The molecule has 2 saturated heterocycles. The highest BCUT2D eigenvalue weighted by molar-refractivity contribution is 7.88. The molecule has 188 valence electrons. The van der Waals surface area contributed by atoms with Gasteiger partial charge in [0.1, 0.15) is 0 Å². The molecule has 0 radical (unpaired) electrons. The highest BCUT2D eigenvalue weighted by Gasteiger charge is 2.33. The lowest BCUT2D eigenvalue weighted by Crippen LogP contribution is -2.44. The van der Waals surface area contributed by atoms with Gasteiger partial charge >= 0.3 is 0 Å². The van der Waals surface area contributed by atoms with E-state index in [1.165, 1.54) is 4.31 Å². The highest BCUT2D eigenvalue weighted by atomic mass is 35.5. The van der Waals surface area contributed by atoms with Crippen LogP contribution in [0.15, 0.2) is 42.5 Å². The minimum Gasteiger partial charge on any atom is -0.339 e. The first-order chi connectivity index (χ1) is 16.8. The quantitative estimate of drug-likeness (QED) is 0.573. The van der Waals surface area contributed by atoms with E-state index in [2.05, 4.69) is 5.32 Å². The van der Waals surface area contributed by atoms with E-state index < -0.39 is 15.9 Å². The number of benzene rings is 2. The molecule has 1 N–H and O–H groups in total. The Balaban J connectivity index is 1.45. The zero-order valence-electron chi connectivity index (χ0n) is 19.4. The molecule has 2 fully saturated rings. The summed E-state index contributed by atoms with van der Waals surface area (Å²) < 4.78 is 27.6. The Morgan fingerprint density at radius 2 is 1.60 bits per heavy atom. The van der Waals surface area contributed by atoms with Gasteiger partial charge in [-0.05, 0) is 56.4 Å². The number of carbonyl (C=O) groups excluding carboxylic acids is 2. The van der Waals surface area contributed by atoms with Crippen molar-refractivity contribution >= 4 is 50.7 Å². The zero-order chi connectivity index (χ0) is 25.0. The third-order valence-electron chi connectivity index (χ3n) is 6.60. The number of likely N-dealkylation sites (tertiary alicyclic amines) is 1.